The summed E-state index contributed by atoms with van der Waals surface area (Å²) in [4.78, 5) is 21.0. The van der Waals surface area contributed by atoms with Crippen molar-refractivity contribution >= 4 is 43.4 Å². The molecule has 5 heteroatoms. The van der Waals surface area contributed by atoms with Crippen LogP contribution in [0.15, 0.2) is 145 Å². The van der Waals surface area contributed by atoms with Gasteiger partial charge in [0, 0.05) is 50.7 Å². The standard InChI is InChI=1S/C38H32N4S.C2H6/c1-5-14-31(39-2)33-22-20-29(25-41-33)37-35(27-15-8-6-9-16-27)36(28-17-10-7-11-18-28)38(43(37,3)4)30-21-23-34(42-26-30)32-19-12-13-24-40-32;1-2/h5-26H,1-2H2,3-4H3;1-2H3/b31-14-;. The minimum Gasteiger partial charge on any atom is -0.262 e. The zero-order valence-corrected chi connectivity index (χ0v) is 27.1. The molecule has 5 aromatic rings. The molecule has 6 rings (SSSR count). The van der Waals surface area contributed by atoms with Crippen molar-refractivity contribution in [1.82, 2.24) is 15.0 Å². The minimum absolute atomic E-state index is 0.694. The molecule has 0 radical (unpaired) electrons. The average Bonchev–Trinajstić information content (AvgIpc) is 3.36. The number of aliphatic imine (C=N–C) groups is 1. The molecule has 2 aromatic carbocycles. The zero-order chi connectivity index (χ0) is 31.8. The van der Waals surface area contributed by atoms with E-state index >= 15 is 0 Å². The Labute approximate surface area is 268 Å². The lowest BCUT2D eigenvalue weighted by molar-refractivity contribution is 1.24. The molecule has 1 aliphatic heterocycles. The zero-order valence-electron chi connectivity index (χ0n) is 26.3. The average molecular weight is 607 g/mol. The molecule has 0 saturated carbocycles. The van der Waals surface area contributed by atoms with Crippen LogP contribution in [0.5, 0.6) is 0 Å². The van der Waals surface area contributed by atoms with Crippen LogP contribution < -0.4 is 0 Å². The third-order valence-electron chi connectivity index (χ3n) is 7.54. The van der Waals surface area contributed by atoms with Crippen molar-refractivity contribution in [1.29, 1.82) is 0 Å². The van der Waals surface area contributed by atoms with E-state index in [9.17, 15) is 0 Å². The Morgan fingerprint density at radius 3 is 1.60 bits per heavy atom. The van der Waals surface area contributed by atoms with Gasteiger partial charge >= 0.3 is 0 Å². The van der Waals surface area contributed by atoms with Crippen LogP contribution >= 0.6 is 10.0 Å². The molecule has 0 N–H and O–H groups in total. The Hall–Kier alpha value is -5.13. The van der Waals surface area contributed by atoms with Crippen molar-refractivity contribution in [3.8, 4) is 11.4 Å². The van der Waals surface area contributed by atoms with Crippen LogP contribution in [0.25, 0.3) is 38.0 Å². The number of hydrogen-bond donors (Lipinski definition) is 0. The smallest absolute Gasteiger partial charge is 0.0886 e. The third kappa shape index (κ3) is 6.26. The molecule has 0 saturated heterocycles. The molecule has 3 aromatic heterocycles. The van der Waals surface area contributed by atoms with Crippen LogP contribution in [-0.4, -0.2) is 34.2 Å². The Morgan fingerprint density at radius 2 is 1.16 bits per heavy atom. The quantitative estimate of drug-likeness (QED) is 0.130. The second-order valence-electron chi connectivity index (χ2n) is 10.5. The Balaban J connectivity index is 0.00000196. The van der Waals surface area contributed by atoms with E-state index in [1.807, 2.05) is 56.6 Å². The lowest BCUT2D eigenvalue weighted by Gasteiger charge is -2.34. The van der Waals surface area contributed by atoms with Gasteiger partial charge in [0.15, 0.2) is 0 Å². The summed E-state index contributed by atoms with van der Waals surface area (Å²) in [5.74, 6) is 0. The van der Waals surface area contributed by atoms with Crippen LogP contribution in [0.2, 0.25) is 0 Å². The van der Waals surface area contributed by atoms with Crippen LogP contribution in [0.4, 0.5) is 0 Å². The molecule has 0 unspecified atom stereocenters. The maximum atomic E-state index is 4.90. The lowest BCUT2D eigenvalue weighted by Crippen LogP contribution is -2.01. The van der Waals surface area contributed by atoms with Gasteiger partial charge in [-0.25, -0.2) is 0 Å². The van der Waals surface area contributed by atoms with E-state index in [0.717, 1.165) is 28.2 Å². The van der Waals surface area contributed by atoms with E-state index in [1.54, 1.807) is 12.3 Å². The van der Waals surface area contributed by atoms with Crippen molar-refractivity contribution in [3.05, 3.63) is 168 Å². The first-order valence-corrected chi connectivity index (χ1v) is 17.4. The van der Waals surface area contributed by atoms with Gasteiger partial charge in [-0.2, -0.15) is 10.0 Å². The van der Waals surface area contributed by atoms with Gasteiger partial charge in [-0.15, -0.1) is 0 Å². The Kier molecular flexibility index (Phi) is 9.81. The molecule has 0 aliphatic carbocycles. The molecule has 0 amide bonds. The van der Waals surface area contributed by atoms with Crippen molar-refractivity contribution < 1.29 is 0 Å². The van der Waals surface area contributed by atoms with Crippen molar-refractivity contribution in [2.75, 3.05) is 12.5 Å². The highest BCUT2D eigenvalue weighted by molar-refractivity contribution is 8.47. The number of hydrogen-bond acceptors (Lipinski definition) is 4. The largest absolute Gasteiger partial charge is 0.262 e. The van der Waals surface area contributed by atoms with Gasteiger partial charge in [-0.05, 0) is 60.7 Å². The summed E-state index contributed by atoms with van der Waals surface area (Å²) >= 11 is 0. The minimum atomic E-state index is -1.56. The first-order chi connectivity index (χ1) is 22.0. The fraction of sp³-hybridized carbons (Fsp3) is 0.100. The molecular weight excluding hydrogens is 569 g/mol. The molecule has 45 heavy (non-hydrogen) atoms. The maximum Gasteiger partial charge on any atom is 0.0886 e. The Morgan fingerprint density at radius 1 is 0.622 bits per heavy atom. The SMILES string of the molecule is C=C/C=C(\N=C)c1ccc(C2=C(c3ccccc3)C(c3ccccc3)=C(c3ccc(-c4ccccn4)nc3)S2(C)C)cn1.CC. The van der Waals surface area contributed by atoms with Gasteiger partial charge < -0.3 is 0 Å². The van der Waals surface area contributed by atoms with E-state index in [2.05, 4.69) is 115 Å². The van der Waals surface area contributed by atoms with Crippen LogP contribution in [0, 0.1) is 0 Å². The number of allylic oxidation sites excluding steroid dienone is 4. The molecular formula is C40H38N4S. The molecule has 0 spiro atoms. The molecule has 224 valence electrons. The van der Waals surface area contributed by atoms with Gasteiger partial charge in [-0.3, -0.25) is 19.9 Å². The maximum absolute atomic E-state index is 4.90. The normalized spacial score (nSPS) is 14.8. The highest BCUT2D eigenvalue weighted by Crippen LogP contribution is 2.73. The van der Waals surface area contributed by atoms with E-state index in [-0.39, 0.29) is 0 Å². The highest BCUT2D eigenvalue weighted by Gasteiger charge is 2.39. The lowest BCUT2D eigenvalue weighted by atomic mass is 9.89. The van der Waals surface area contributed by atoms with Gasteiger partial charge in [0.05, 0.1) is 22.8 Å². The number of nitrogens with zero attached hydrogens (tertiary/aromatic N) is 4. The van der Waals surface area contributed by atoms with Crippen LogP contribution in [-0.2, 0) is 0 Å². The summed E-state index contributed by atoms with van der Waals surface area (Å²) in [7, 11) is -1.56. The summed E-state index contributed by atoms with van der Waals surface area (Å²) in [5.41, 5.74) is 10.2. The monoisotopic (exact) mass is 606 g/mol. The summed E-state index contributed by atoms with van der Waals surface area (Å²) in [6.45, 7) is 11.5. The van der Waals surface area contributed by atoms with Gasteiger partial charge in [-0.1, -0.05) is 105 Å². The predicted octanol–water partition coefficient (Wildman–Crippen LogP) is 10.3. The molecule has 1 aliphatic rings. The topological polar surface area (TPSA) is 51.0 Å². The highest BCUT2D eigenvalue weighted by atomic mass is 32.3. The second-order valence-corrected chi connectivity index (χ2v) is 14.0. The number of aromatic nitrogens is 3. The molecule has 0 fully saturated rings. The number of benzene rings is 2. The first-order valence-electron chi connectivity index (χ1n) is 15.0. The molecule has 4 nitrogen and oxygen atoms in total. The van der Waals surface area contributed by atoms with Crippen molar-refractivity contribution in [3.63, 3.8) is 0 Å². The summed E-state index contributed by atoms with van der Waals surface area (Å²) in [6.07, 6.45) is 14.1. The first kappa shape index (κ1) is 31.3. The van der Waals surface area contributed by atoms with Gasteiger partial charge in [0.1, 0.15) is 0 Å². The molecule has 4 heterocycles. The van der Waals surface area contributed by atoms with Gasteiger partial charge in [0.2, 0.25) is 0 Å². The van der Waals surface area contributed by atoms with E-state index in [4.69, 9.17) is 9.97 Å². The predicted molar refractivity (Wildman–Crippen MR) is 197 cm³/mol. The summed E-state index contributed by atoms with van der Waals surface area (Å²) in [6, 6.07) is 35.7. The second kappa shape index (κ2) is 14.1. The van der Waals surface area contributed by atoms with E-state index < -0.39 is 10.0 Å². The van der Waals surface area contributed by atoms with Crippen LogP contribution in [0.1, 0.15) is 41.8 Å². The summed E-state index contributed by atoms with van der Waals surface area (Å²) in [5, 5.41) is 0. The van der Waals surface area contributed by atoms with Crippen molar-refractivity contribution in [2.24, 2.45) is 4.99 Å². The fourth-order valence-corrected chi connectivity index (χ4v) is 8.77. The third-order valence-corrected chi connectivity index (χ3v) is 10.5. The van der Waals surface area contributed by atoms with Gasteiger partial charge in [0.25, 0.3) is 0 Å². The van der Waals surface area contributed by atoms with E-state index in [0.29, 0.717) is 5.70 Å². The van der Waals surface area contributed by atoms with Crippen LogP contribution in [0.3, 0.4) is 0 Å². The molecule has 0 bridgehead atoms. The Bertz CT molecular complexity index is 1870. The van der Waals surface area contributed by atoms with Crippen molar-refractivity contribution in [2.45, 2.75) is 13.8 Å². The molecule has 0 atom stereocenters. The van der Waals surface area contributed by atoms with E-state index in [1.165, 1.54) is 32.1 Å². The fourth-order valence-electron chi connectivity index (χ4n) is 5.68. The number of rotatable bonds is 8. The summed E-state index contributed by atoms with van der Waals surface area (Å²) < 4.78 is 0. The number of pyridine rings is 3.